The molecule has 5 N–H and O–H groups in total. The Morgan fingerprint density at radius 1 is 1.39 bits per heavy atom. The van der Waals surface area contributed by atoms with Crippen molar-refractivity contribution < 1.29 is 14.6 Å². The maximum atomic E-state index is 9.76. The molecular formula is C13H20N2O3. The quantitative estimate of drug-likeness (QED) is 0.650. The molecule has 2 unspecified atom stereocenters. The Morgan fingerprint density at radius 2 is 2.11 bits per heavy atom. The van der Waals surface area contributed by atoms with Crippen LogP contribution in [0.1, 0.15) is 24.4 Å². The normalized spacial score (nSPS) is 18.2. The van der Waals surface area contributed by atoms with E-state index in [1.54, 1.807) is 19.2 Å². The molecule has 1 fully saturated rings. The molecule has 0 amide bonds. The van der Waals surface area contributed by atoms with Crippen molar-refractivity contribution in [2.75, 3.05) is 13.7 Å². The van der Waals surface area contributed by atoms with Gasteiger partial charge in [0.2, 0.25) is 0 Å². The molecule has 5 nitrogen and oxygen atoms in total. The van der Waals surface area contributed by atoms with Gasteiger partial charge in [-0.2, -0.15) is 0 Å². The lowest BCUT2D eigenvalue weighted by Gasteiger charge is -2.17. The standard InChI is InChI=1S/C13H20N2O3/c1-17-12-6-9(10(15)7-14)4-5-11(12)18-13(16)8-2-3-8/h4-6,8,10,13,16H,2-3,7,14-15H2,1H3. The highest BCUT2D eigenvalue weighted by molar-refractivity contribution is 5.44. The Hall–Kier alpha value is -1.30. The third kappa shape index (κ3) is 2.93. The van der Waals surface area contributed by atoms with Gasteiger partial charge in [0.15, 0.2) is 17.8 Å². The van der Waals surface area contributed by atoms with Gasteiger partial charge in [-0.15, -0.1) is 0 Å². The molecule has 2 atom stereocenters. The van der Waals surface area contributed by atoms with Crippen LogP contribution in [0.25, 0.3) is 0 Å². The first-order valence-corrected chi connectivity index (χ1v) is 6.14. The summed E-state index contributed by atoms with van der Waals surface area (Å²) < 4.78 is 10.7. The van der Waals surface area contributed by atoms with E-state index >= 15 is 0 Å². The summed E-state index contributed by atoms with van der Waals surface area (Å²) in [6, 6.07) is 5.18. The molecule has 1 aliphatic rings. The van der Waals surface area contributed by atoms with Crippen LogP contribution >= 0.6 is 0 Å². The summed E-state index contributed by atoms with van der Waals surface area (Å²) in [6.07, 6.45) is 1.27. The first-order valence-electron chi connectivity index (χ1n) is 6.14. The average molecular weight is 252 g/mol. The Morgan fingerprint density at radius 3 is 2.67 bits per heavy atom. The van der Waals surface area contributed by atoms with Crippen molar-refractivity contribution in [1.29, 1.82) is 0 Å². The highest BCUT2D eigenvalue weighted by Crippen LogP contribution is 2.36. The molecule has 0 heterocycles. The minimum absolute atomic E-state index is 0.221. The molecule has 0 spiro atoms. The monoisotopic (exact) mass is 252 g/mol. The van der Waals surface area contributed by atoms with E-state index in [-0.39, 0.29) is 12.0 Å². The predicted molar refractivity (Wildman–Crippen MR) is 68.3 cm³/mol. The first kappa shape index (κ1) is 13.1. The fourth-order valence-electron chi connectivity index (χ4n) is 1.76. The Bertz CT molecular complexity index is 407. The number of aliphatic hydroxyl groups is 1. The van der Waals surface area contributed by atoms with E-state index in [2.05, 4.69) is 0 Å². The van der Waals surface area contributed by atoms with Crippen LogP contribution in [-0.4, -0.2) is 25.1 Å². The molecule has 5 heteroatoms. The van der Waals surface area contributed by atoms with Crippen molar-refractivity contribution in [1.82, 2.24) is 0 Å². The number of nitrogens with two attached hydrogens (primary N) is 2. The number of ether oxygens (including phenoxy) is 2. The average Bonchev–Trinajstić information content (AvgIpc) is 3.22. The largest absolute Gasteiger partial charge is 0.493 e. The van der Waals surface area contributed by atoms with Crippen molar-refractivity contribution in [3.05, 3.63) is 23.8 Å². The third-order valence-electron chi connectivity index (χ3n) is 3.14. The SMILES string of the molecule is COc1cc(C(N)CN)ccc1OC(O)C1CC1. The zero-order chi connectivity index (χ0) is 13.1. The van der Waals surface area contributed by atoms with E-state index in [1.807, 2.05) is 6.07 Å². The van der Waals surface area contributed by atoms with Crippen LogP contribution in [0.5, 0.6) is 11.5 Å². The minimum Gasteiger partial charge on any atom is -0.493 e. The second-order valence-electron chi connectivity index (χ2n) is 4.60. The van der Waals surface area contributed by atoms with E-state index in [1.165, 1.54) is 0 Å². The Labute approximate surface area is 107 Å². The van der Waals surface area contributed by atoms with Gasteiger partial charge < -0.3 is 26.0 Å². The molecule has 0 saturated heterocycles. The van der Waals surface area contributed by atoms with Gasteiger partial charge in [-0.25, -0.2) is 0 Å². The lowest BCUT2D eigenvalue weighted by atomic mass is 10.1. The van der Waals surface area contributed by atoms with E-state index in [9.17, 15) is 5.11 Å². The van der Waals surface area contributed by atoms with E-state index in [0.717, 1.165) is 18.4 Å². The molecule has 0 radical (unpaired) electrons. The second kappa shape index (κ2) is 5.56. The van der Waals surface area contributed by atoms with Crippen LogP contribution in [0, 0.1) is 5.92 Å². The van der Waals surface area contributed by atoms with Crippen LogP contribution in [0.4, 0.5) is 0 Å². The maximum absolute atomic E-state index is 9.76. The van der Waals surface area contributed by atoms with Crippen LogP contribution in [0.15, 0.2) is 18.2 Å². The van der Waals surface area contributed by atoms with E-state index < -0.39 is 6.29 Å². The lowest BCUT2D eigenvalue weighted by Crippen LogP contribution is -2.21. The number of hydrogen-bond donors (Lipinski definition) is 3. The van der Waals surface area contributed by atoms with Crippen molar-refractivity contribution in [2.24, 2.45) is 17.4 Å². The summed E-state index contributed by atoms with van der Waals surface area (Å²) in [6.45, 7) is 0.369. The van der Waals surface area contributed by atoms with Crippen molar-refractivity contribution in [3.63, 3.8) is 0 Å². The van der Waals surface area contributed by atoms with Gasteiger partial charge in [0.25, 0.3) is 0 Å². The third-order valence-corrected chi connectivity index (χ3v) is 3.14. The predicted octanol–water partition coefficient (Wildman–Crippen LogP) is 0.761. The Kier molecular flexibility index (Phi) is 4.06. The van der Waals surface area contributed by atoms with E-state index in [4.69, 9.17) is 20.9 Å². The molecule has 1 saturated carbocycles. The molecule has 0 bridgehead atoms. The molecule has 100 valence electrons. The smallest absolute Gasteiger partial charge is 0.200 e. The Balaban J connectivity index is 2.14. The second-order valence-corrected chi connectivity index (χ2v) is 4.60. The number of rotatable bonds is 6. The van der Waals surface area contributed by atoms with Gasteiger partial charge in [-0.1, -0.05) is 6.07 Å². The molecule has 1 aliphatic carbocycles. The van der Waals surface area contributed by atoms with Gasteiger partial charge in [0, 0.05) is 18.5 Å². The van der Waals surface area contributed by atoms with Crippen LogP contribution in [0.3, 0.4) is 0 Å². The number of methoxy groups -OCH3 is 1. The van der Waals surface area contributed by atoms with Crippen LogP contribution in [-0.2, 0) is 0 Å². The molecule has 0 aromatic heterocycles. The van der Waals surface area contributed by atoms with Gasteiger partial charge in [-0.3, -0.25) is 0 Å². The zero-order valence-electron chi connectivity index (χ0n) is 10.5. The van der Waals surface area contributed by atoms with Gasteiger partial charge >= 0.3 is 0 Å². The summed E-state index contributed by atoms with van der Waals surface area (Å²) in [5.74, 6) is 1.35. The van der Waals surface area contributed by atoms with Gasteiger partial charge in [0.1, 0.15) is 0 Å². The van der Waals surface area contributed by atoms with Crippen molar-refractivity contribution in [3.8, 4) is 11.5 Å². The first-order chi connectivity index (χ1) is 8.65. The van der Waals surface area contributed by atoms with Crippen LogP contribution < -0.4 is 20.9 Å². The number of aliphatic hydroxyl groups excluding tert-OH is 1. The van der Waals surface area contributed by atoms with Crippen LogP contribution in [0.2, 0.25) is 0 Å². The fourth-order valence-corrected chi connectivity index (χ4v) is 1.76. The van der Waals surface area contributed by atoms with Crippen molar-refractivity contribution >= 4 is 0 Å². The fraction of sp³-hybridized carbons (Fsp3) is 0.538. The number of hydrogen-bond acceptors (Lipinski definition) is 5. The highest BCUT2D eigenvalue weighted by atomic mass is 16.6. The summed E-state index contributed by atoms with van der Waals surface area (Å²) >= 11 is 0. The lowest BCUT2D eigenvalue weighted by molar-refractivity contribution is -0.0356. The molecule has 0 aliphatic heterocycles. The summed E-state index contributed by atoms with van der Waals surface area (Å²) in [5, 5.41) is 9.76. The molecule has 2 rings (SSSR count). The van der Waals surface area contributed by atoms with Gasteiger partial charge in [0.05, 0.1) is 7.11 Å². The maximum Gasteiger partial charge on any atom is 0.200 e. The summed E-state index contributed by atoms with van der Waals surface area (Å²) in [5.41, 5.74) is 12.3. The molecule has 1 aromatic carbocycles. The topological polar surface area (TPSA) is 90.7 Å². The molecule has 18 heavy (non-hydrogen) atoms. The van der Waals surface area contributed by atoms with Gasteiger partial charge in [-0.05, 0) is 30.5 Å². The van der Waals surface area contributed by atoms with E-state index in [0.29, 0.717) is 18.0 Å². The highest BCUT2D eigenvalue weighted by Gasteiger charge is 2.32. The van der Waals surface area contributed by atoms with Crippen molar-refractivity contribution in [2.45, 2.75) is 25.2 Å². The molecule has 1 aromatic rings. The summed E-state index contributed by atoms with van der Waals surface area (Å²) in [4.78, 5) is 0. The minimum atomic E-state index is -0.757. The summed E-state index contributed by atoms with van der Waals surface area (Å²) in [7, 11) is 1.56. The zero-order valence-corrected chi connectivity index (χ0v) is 10.5. The number of benzene rings is 1. The molecular weight excluding hydrogens is 232 g/mol.